The molecule has 6 heteroatoms. The Bertz CT molecular complexity index is 862. The van der Waals surface area contributed by atoms with Gasteiger partial charge in [0.2, 0.25) is 5.91 Å². The summed E-state index contributed by atoms with van der Waals surface area (Å²) in [6.45, 7) is 5.88. The molecule has 0 saturated heterocycles. The molecule has 0 aliphatic carbocycles. The molecule has 0 aromatic heterocycles. The van der Waals surface area contributed by atoms with E-state index in [1.165, 1.54) is 0 Å². The van der Waals surface area contributed by atoms with Gasteiger partial charge in [0.15, 0.2) is 0 Å². The van der Waals surface area contributed by atoms with Crippen LogP contribution >= 0.6 is 0 Å². The van der Waals surface area contributed by atoms with Crippen LogP contribution in [0, 0.1) is 0 Å². The van der Waals surface area contributed by atoms with Crippen LogP contribution in [0.2, 0.25) is 0 Å². The maximum atomic E-state index is 12.7. The summed E-state index contributed by atoms with van der Waals surface area (Å²) in [5, 5.41) is 3.17. The fourth-order valence-corrected chi connectivity index (χ4v) is 2.33. The lowest BCUT2D eigenvalue weighted by Crippen LogP contribution is -2.42. The van der Waals surface area contributed by atoms with Gasteiger partial charge >= 0.3 is 0 Å². The van der Waals surface area contributed by atoms with E-state index in [9.17, 15) is 9.59 Å². The first kappa shape index (κ1) is 18.2. The first-order chi connectivity index (χ1) is 11.8. The highest BCUT2D eigenvalue weighted by Crippen LogP contribution is 2.26. The van der Waals surface area contributed by atoms with Crippen LogP contribution in [-0.2, 0) is 0 Å². The van der Waals surface area contributed by atoms with Crippen molar-refractivity contribution in [1.29, 1.82) is 0 Å². The predicted molar refractivity (Wildman–Crippen MR) is 97.2 cm³/mol. The lowest BCUT2D eigenvalue weighted by atomic mass is 9.97. The van der Waals surface area contributed by atoms with Gasteiger partial charge in [0, 0.05) is 28.6 Å². The second kappa shape index (κ2) is 7.20. The molecule has 25 heavy (non-hydrogen) atoms. The van der Waals surface area contributed by atoms with Crippen molar-refractivity contribution < 1.29 is 9.59 Å². The minimum Gasteiger partial charge on any atom is -0.337 e. The Morgan fingerprint density at radius 1 is 1.08 bits per heavy atom. The largest absolute Gasteiger partial charge is 0.337 e. The second-order valence-electron chi connectivity index (χ2n) is 6.66. The summed E-state index contributed by atoms with van der Waals surface area (Å²) in [6.07, 6.45) is 0. The molecule has 128 valence electrons. The summed E-state index contributed by atoms with van der Waals surface area (Å²) in [4.78, 5) is 28.9. The van der Waals surface area contributed by atoms with Crippen LogP contribution in [-0.4, -0.2) is 29.3 Å². The normalized spacial score (nSPS) is 10.7. The zero-order valence-corrected chi connectivity index (χ0v) is 14.7. The fourth-order valence-electron chi connectivity index (χ4n) is 2.33. The Labute approximate surface area is 146 Å². The van der Waals surface area contributed by atoms with Gasteiger partial charge in [-0.3, -0.25) is 9.59 Å². The highest BCUT2D eigenvalue weighted by molar-refractivity contribution is 6.02. The summed E-state index contributed by atoms with van der Waals surface area (Å²) < 4.78 is 0. The zero-order valence-electron chi connectivity index (χ0n) is 14.7. The lowest BCUT2D eigenvalue weighted by Gasteiger charge is -2.32. The molecule has 0 fully saturated rings. The molecule has 2 aromatic carbocycles. The summed E-state index contributed by atoms with van der Waals surface area (Å²) in [5.74, 6) is -0.755. The van der Waals surface area contributed by atoms with Gasteiger partial charge in [0.05, 0.1) is 0 Å². The number of carbonyl (C=O) groups is 2. The van der Waals surface area contributed by atoms with Gasteiger partial charge in [-0.15, -0.1) is 0 Å². The smallest absolute Gasteiger partial charge is 0.254 e. The molecule has 0 N–H and O–H groups in total. The molecule has 0 saturated carbocycles. The molecular formula is C19H20N4O2. The van der Waals surface area contributed by atoms with Crippen molar-refractivity contribution in [2.75, 3.05) is 7.05 Å². The number of benzene rings is 2. The number of hydrogen-bond donors (Lipinski definition) is 0. The lowest BCUT2D eigenvalue weighted by molar-refractivity contribution is 0.0655. The highest BCUT2D eigenvalue weighted by Gasteiger charge is 2.23. The first-order valence-corrected chi connectivity index (χ1v) is 7.82. The monoisotopic (exact) mass is 336 g/mol. The Balaban J connectivity index is 2.49. The van der Waals surface area contributed by atoms with Gasteiger partial charge < -0.3 is 4.90 Å². The van der Waals surface area contributed by atoms with Crippen molar-refractivity contribution in [3.8, 4) is 11.1 Å². The van der Waals surface area contributed by atoms with Gasteiger partial charge in [-0.1, -0.05) is 36.4 Å². The van der Waals surface area contributed by atoms with Gasteiger partial charge in [0.25, 0.3) is 5.91 Å². The van der Waals surface area contributed by atoms with Crippen LogP contribution in [0.4, 0.5) is 0 Å². The van der Waals surface area contributed by atoms with Gasteiger partial charge in [-0.2, -0.15) is 0 Å². The summed E-state index contributed by atoms with van der Waals surface area (Å²) in [5.41, 5.74) is 10.4. The van der Waals surface area contributed by atoms with Gasteiger partial charge in [-0.05, 0) is 54.7 Å². The standard InChI is InChI=1S/C19H20N4O2/c1-19(2,3)23(4)18(25)14-9-7-8-13(12-14)15-10-5-6-11-16(15)17(24)21-22-20/h5-12H,1-4H3. The van der Waals surface area contributed by atoms with E-state index in [4.69, 9.17) is 5.53 Å². The number of rotatable bonds is 3. The van der Waals surface area contributed by atoms with E-state index in [1.54, 1.807) is 54.4 Å². The minimum atomic E-state index is -0.651. The third kappa shape index (κ3) is 4.05. The van der Waals surface area contributed by atoms with Crippen LogP contribution < -0.4 is 0 Å². The molecule has 2 aromatic rings. The molecule has 0 unspecified atom stereocenters. The molecule has 6 nitrogen and oxygen atoms in total. The van der Waals surface area contributed by atoms with E-state index in [1.807, 2.05) is 26.8 Å². The average molecular weight is 336 g/mol. The van der Waals surface area contributed by atoms with E-state index < -0.39 is 5.91 Å². The Kier molecular flexibility index (Phi) is 5.25. The third-order valence-corrected chi connectivity index (χ3v) is 4.02. The molecular weight excluding hydrogens is 316 g/mol. The van der Waals surface area contributed by atoms with E-state index >= 15 is 0 Å². The maximum Gasteiger partial charge on any atom is 0.254 e. The summed E-state index contributed by atoms with van der Waals surface area (Å²) >= 11 is 0. The number of hydrogen-bond acceptors (Lipinski definition) is 2. The van der Waals surface area contributed by atoms with Crippen molar-refractivity contribution in [2.24, 2.45) is 5.11 Å². The number of carbonyl (C=O) groups excluding carboxylic acids is 2. The third-order valence-electron chi connectivity index (χ3n) is 4.02. The number of amides is 2. The number of nitrogens with zero attached hydrogens (tertiary/aromatic N) is 4. The summed E-state index contributed by atoms with van der Waals surface area (Å²) in [6, 6.07) is 13.9. The average Bonchev–Trinajstić information content (AvgIpc) is 2.60. The molecule has 2 rings (SSSR count). The highest BCUT2D eigenvalue weighted by atomic mass is 16.2. The van der Waals surface area contributed by atoms with Crippen molar-refractivity contribution in [3.05, 3.63) is 70.1 Å². The fraction of sp³-hybridized carbons (Fsp3) is 0.263. The van der Waals surface area contributed by atoms with E-state index in [0.717, 1.165) is 0 Å². The van der Waals surface area contributed by atoms with Crippen LogP contribution in [0.5, 0.6) is 0 Å². The Morgan fingerprint density at radius 2 is 1.76 bits per heavy atom. The molecule has 2 amide bonds. The number of azide groups is 1. The van der Waals surface area contributed by atoms with Crippen LogP contribution in [0.3, 0.4) is 0 Å². The van der Waals surface area contributed by atoms with Gasteiger partial charge in [0.1, 0.15) is 0 Å². The van der Waals surface area contributed by atoms with E-state index in [0.29, 0.717) is 22.3 Å². The van der Waals surface area contributed by atoms with Crippen LogP contribution in [0.1, 0.15) is 41.5 Å². The summed E-state index contributed by atoms with van der Waals surface area (Å²) in [7, 11) is 1.76. The SMILES string of the molecule is CN(C(=O)c1cccc(-c2ccccc2C(=O)N=[N+]=[N-])c1)C(C)(C)C. The van der Waals surface area contributed by atoms with Crippen molar-refractivity contribution in [2.45, 2.75) is 26.3 Å². The Morgan fingerprint density at radius 3 is 2.40 bits per heavy atom. The van der Waals surface area contributed by atoms with E-state index in [2.05, 4.69) is 10.0 Å². The predicted octanol–water partition coefficient (Wildman–Crippen LogP) is 4.67. The van der Waals surface area contributed by atoms with Gasteiger partial charge in [-0.25, -0.2) is 0 Å². The first-order valence-electron chi connectivity index (χ1n) is 7.82. The molecule has 0 atom stereocenters. The van der Waals surface area contributed by atoms with Crippen molar-refractivity contribution in [3.63, 3.8) is 0 Å². The maximum absolute atomic E-state index is 12.7. The van der Waals surface area contributed by atoms with Crippen molar-refractivity contribution >= 4 is 11.8 Å². The van der Waals surface area contributed by atoms with Crippen molar-refractivity contribution in [1.82, 2.24) is 4.90 Å². The Hall–Kier alpha value is -3.11. The molecule has 0 spiro atoms. The quantitative estimate of drug-likeness (QED) is 0.463. The molecule has 0 bridgehead atoms. The minimum absolute atomic E-state index is 0.104. The zero-order chi connectivity index (χ0) is 18.6. The van der Waals surface area contributed by atoms with E-state index in [-0.39, 0.29) is 11.4 Å². The molecule has 0 aliphatic heterocycles. The molecule has 0 aliphatic rings. The molecule has 0 heterocycles. The topological polar surface area (TPSA) is 86.1 Å². The second-order valence-corrected chi connectivity index (χ2v) is 6.66. The van der Waals surface area contributed by atoms with Crippen LogP contribution in [0.15, 0.2) is 53.6 Å². The molecule has 0 radical (unpaired) electrons. The van der Waals surface area contributed by atoms with Crippen LogP contribution in [0.25, 0.3) is 21.6 Å².